The minimum Gasteiger partial charge on any atom is -1.00 e. The van der Waals surface area contributed by atoms with Crippen molar-refractivity contribution in [2.75, 3.05) is 0 Å². The first kappa shape index (κ1) is 91.4. The van der Waals surface area contributed by atoms with Crippen LogP contribution >= 0.6 is 0 Å². The molecule has 6 rings (SSSR count). The van der Waals surface area contributed by atoms with E-state index in [0.29, 0.717) is 0 Å². The van der Waals surface area contributed by atoms with Crippen molar-refractivity contribution < 1.29 is 140 Å². The molecule has 0 radical (unpaired) electrons. The first-order chi connectivity index (χ1) is 23.3. The Morgan fingerprint density at radius 2 is 0.333 bits per heavy atom. The van der Waals surface area contributed by atoms with Crippen molar-refractivity contribution in [3.05, 3.63) is 182 Å². The summed E-state index contributed by atoms with van der Waals surface area (Å²) < 4.78 is 0. The molecular weight excluding hydrogens is 1050 g/mol. The van der Waals surface area contributed by atoms with Crippen LogP contribution in [0.4, 0.5) is 0 Å². The van der Waals surface area contributed by atoms with E-state index in [0.717, 1.165) is 0 Å². The average Bonchev–Trinajstić information content (AvgIpc) is 3.11. The van der Waals surface area contributed by atoms with E-state index >= 15 is 0 Å². The second kappa shape index (κ2) is 69.3. The van der Waals surface area contributed by atoms with Gasteiger partial charge in [-0.3, -0.25) is 0 Å². The van der Waals surface area contributed by atoms with Crippen LogP contribution in [-0.4, -0.2) is 0 Å². The summed E-state index contributed by atoms with van der Waals surface area (Å²) in [7, 11) is 0. The zero-order valence-electron chi connectivity index (χ0n) is 32.3. The molecule has 0 bridgehead atoms. The third-order valence-corrected chi connectivity index (χ3v) is 5.42. The molecule has 0 amide bonds. The molecule has 0 saturated heterocycles. The summed E-state index contributed by atoms with van der Waals surface area (Å²) in [5.41, 5.74) is 0. The Bertz CT molecular complexity index is 1210. The predicted octanol–water partition coefficient (Wildman–Crippen LogP) is -19.8. The zero-order chi connectivity index (χ0) is 35.5. The van der Waals surface area contributed by atoms with Crippen LogP contribution in [0, 0.1) is 0 Å². The number of halogens is 9. The summed E-state index contributed by atoms with van der Waals surface area (Å²) in [5, 5.41) is 61.6. The number of hydrogen-bond acceptors (Lipinski definition) is 6. The maximum atomic E-state index is 10.3. The number of hydrogen-bond donors (Lipinski definition) is 0. The predicted molar refractivity (Wildman–Crippen MR) is 185 cm³/mol. The zero-order valence-corrected chi connectivity index (χ0v) is 38.9. The van der Waals surface area contributed by atoms with E-state index < -0.39 is 0 Å². The molecule has 6 aromatic carbocycles. The van der Waals surface area contributed by atoms with Gasteiger partial charge in [-0.1, -0.05) is 222 Å². The van der Waals surface area contributed by atoms with Crippen molar-refractivity contribution in [1.29, 1.82) is 0 Å². The van der Waals surface area contributed by atoms with Crippen molar-refractivity contribution in [2.24, 2.45) is 0 Å². The van der Waals surface area contributed by atoms with Gasteiger partial charge in [0.25, 0.3) is 0 Å². The molecular formula is C42H44F9Nb3O6. The average molecular weight is 1090 g/mol. The van der Waals surface area contributed by atoms with Gasteiger partial charge in [0.1, 0.15) is 0 Å². The summed E-state index contributed by atoms with van der Waals surface area (Å²) in [6, 6.07) is 50.0. The van der Waals surface area contributed by atoms with Crippen LogP contribution in [0.25, 0.3) is 0 Å². The molecule has 6 aromatic rings. The van der Waals surface area contributed by atoms with Crippen molar-refractivity contribution >= 4 is 0 Å². The molecule has 326 valence electrons. The van der Waals surface area contributed by atoms with Crippen molar-refractivity contribution in [2.45, 2.75) is 39.5 Å². The van der Waals surface area contributed by atoms with Crippen molar-refractivity contribution in [1.82, 2.24) is 0 Å². The molecule has 0 aliphatic carbocycles. The van der Waals surface area contributed by atoms with E-state index in [1.807, 2.05) is 36.4 Å². The van der Waals surface area contributed by atoms with E-state index in [1.54, 1.807) is 72.8 Å². The van der Waals surface area contributed by atoms with Gasteiger partial charge in [0.15, 0.2) is 0 Å². The third kappa shape index (κ3) is 68.4. The monoisotopic (exact) mass is 1090 g/mol. The number of para-hydroxylation sites is 6. The van der Waals surface area contributed by atoms with Gasteiger partial charge in [0.05, 0.1) is 0 Å². The molecule has 0 aliphatic rings. The Labute approximate surface area is 393 Å². The van der Waals surface area contributed by atoms with Crippen LogP contribution in [-0.2, 0) is 67.1 Å². The molecule has 0 spiro atoms. The minimum absolute atomic E-state index is 0. The van der Waals surface area contributed by atoms with E-state index in [1.165, 1.54) is 98.5 Å². The molecule has 0 atom stereocenters. The molecule has 60 heavy (non-hydrogen) atoms. The van der Waals surface area contributed by atoms with Gasteiger partial charge < -0.3 is 73.0 Å². The number of benzene rings is 6. The molecule has 0 fully saturated rings. The molecule has 0 unspecified atom stereocenters. The Hall–Kier alpha value is -4.29. The quantitative estimate of drug-likeness (QED) is 0.0982. The van der Waals surface area contributed by atoms with Gasteiger partial charge in [-0.15, -0.1) is 34.5 Å². The SMILES string of the molecule is CCCCCC.[F-].[F-].[F-].[F-].[F-].[F-].[F-].[F-].[F-].[Nb+5].[Nb+5].[Nb+5].[O-]c1ccccc1.[O-]c1ccccc1.[O-]c1ccccc1.[O-]c1ccccc1.[O-]c1ccccc1.[O-]c1ccccc1. The standard InChI is InChI=1S/6C6H6O.C6H14.9FH.3Nb/c6*7-6-4-2-1-3-5-6;1-3-5-6-4-2;;;;;;;;;;;;/h6*1-5,7H;3-6H2,1-2H3;9*1H;;;/q;;;;;;;;;;;;;;;;3*+5/p-15. The Kier molecular flexibility index (Phi) is 106. The second-order valence-corrected chi connectivity index (χ2v) is 9.59. The van der Waals surface area contributed by atoms with Gasteiger partial charge in [-0.2, -0.15) is 0 Å². The van der Waals surface area contributed by atoms with E-state index in [4.69, 9.17) is 0 Å². The number of rotatable bonds is 3. The summed E-state index contributed by atoms with van der Waals surface area (Å²) >= 11 is 0. The first-order valence-corrected chi connectivity index (χ1v) is 15.6. The largest absolute Gasteiger partial charge is 5.00 e. The summed E-state index contributed by atoms with van der Waals surface area (Å²) in [4.78, 5) is 0. The fraction of sp³-hybridized carbons (Fsp3) is 0.143. The maximum Gasteiger partial charge on any atom is 5.00 e. The third-order valence-electron chi connectivity index (χ3n) is 5.42. The summed E-state index contributed by atoms with van der Waals surface area (Å²) in [6.07, 6.45) is 5.54. The maximum absolute atomic E-state index is 10.3. The van der Waals surface area contributed by atoms with Gasteiger partial charge in [0.2, 0.25) is 0 Å². The van der Waals surface area contributed by atoms with E-state index in [-0.39, 0.29) is 144 Å². The Balaban J connectivity index is -0.0000000378. The molecule has 0 aliphatic heterocycles. The topological polar surface area (TPSA) is 138 Å². The fourth-order valence-electron chi connectivity index (χ4n) is 3.02. The minimum atomic E-state index is 0. The molecule has 18 heteroatoms. The molecule has 0 saturated carbocycles. The second-order valence-electron chi connectivity index (χ2n) is 9.59. The van der Waals surface area contributed by atoms with Gasteiger partial charge in [-0.05, 0) is 0 Å². The van der Waals surface area contributed by atoms with E-state index in [9.17, 15) is 30.6 Å². The number of unbranched alkanes of at least 4 members (excludes halogenated alkanes) is 3. The van der Waals surface area contributed by atoms with Crippen LogP contribution in [0.15, 0.2) is 182 Å². The molecule has 0 heterocycles. The summed E-state index contributed by atoms with van der Waals surface area (Å²) in [5.74, 6) is 0.431. The Morgan fingerprint density at radius 3 is 0.383 bits per heavy atom. The van der Waals surface area contributed by atoms with Crippen LogP contribution < -0.4 is 73.0 Å². The van der Waals surface area contributed by atoms with Crippen LogP contribution in [0.5, 0.6) is 34.5 Å². The van der Waals surface area contributed by atoms with Gasteiger partial charge in [0, 0.05) is 0 Å². The Morgan fingerprint density at radius 1 is 0.233 bits per heavy atom. The molecule has 0 N–H and O–H groups in total. The first-order valence-electron chi connectivity index (χ1n) is 15.6. The summed E-state index contributed by atoms with van der Waals surface area (Å²) in [6.45, 7) is 4.46. The van der Waals surface area contributed by atoms with Crippen molar-refractivity contribution in [3.63, 3.8) is 0 Å². The smallest absolute Gasteiger partial charge is 1.00 e. The van der Waals surface area contributed by atoms with Gasteiger partial charge in [-0.25, -0.2) is 0 Å². The van der Waals surface area contributed by atoms with Gasteiger partial charge >= 0.3 is 67.1 Å². The van der Waals surface area contributed by atoms with Crippen molar-refractivity contribution in [3.8, 4) is 34.5 Å². The van der Waals surface area contributed by atoms with Crippen LogP contribution in [0.3, 0.4) is 0 Å². The normalized spacial score (nSPS) is 6.90. The molecule has 0 aromatic heterocycles. The molecule has 6 nitrogen and oxygen atoms in total. The van der Waals surface area contributed by atoms with E-state index in [2.05, 4.69) is 13.8 Å². The van der Waals surface area contributed by atoms with Crippen LogP contribution in [0.2, 0.25) is 0 Å². The fourth-order valence-corrected chi connectivity index (χ4v) is 3.02. The van der Waals surface area contributed by atoms with Crippen LogP contribution in [0.1, 0.15) is 39.5 Å².